The zero-order valence-electron chi connectivity index (χ0n) is 17.2. The molecule has 2 heterocycles. The molecule has 0 fully saturated rings. The van der Waals surface area contributed by atoms with E-state index in [1.807, 2.05) is 6.92 Å². The Bertz CT molecular complexity index is 1140. The minimum absolute atomic E-state index is 0.360. The van der Waals surface area contributed by atoms with Gasteiger partial charge >= 0.3 is 5.69 Å². The maximum atomic E-state index is 13.1. The van der Waals surface area contributed by atoms with Gasteiger partial charge in [0.2, 0.25) is 5.91 Å². The number of benzene rings is 1. The minimum atomic E-state index is -0.520. The summed E-state index contributed by atoms with van der Waals surface area (Å²) in [4.78, 5) is 43.1. The molecular weight excluding hydrogens is 406 g/mol. The van der Waals surface area contributed by atoms with Gasteiger partial charge in [-0.2, -0.15) is 0 Å². The zero-order valence-corrected chi connectivity index (χ0v) is 18.0. The molecule has 8 nitrogen and oxygen atoms in total. The van der Waals surface area contributed by atoms with Crippen LogP contribution in [0.3, 0.4) is 0 Å². The molecule has 3 rings (SSSR count). The van der Waals surface area contributed by atoms with Gasteiger partial charge in [-0.05, 0) is 37.1 Å². The number of anilines is 1. The highest BCUT2D eigenvalue weighted by atomic mass is 35.5. The van der Waals surface area contributed by atoms with Crippen molar-refractivity contribution < 1.29 is 4.79 Å². The van der Waals surface area contributed by atoms with Crippen LogP contribution in [0.25, 0.3) is 11.2 Å². The predicted octanol–water partition coefficient (Wildman–Crippen LogP) is 3.25. The molecule has 0 saturated carbocycles. The lowest BCUT2D eigenvalue weighted by atomic mass is 10.3. The lowest BCUT2D eigenvalue weighted by Crippen LogP contribution is -2.43. The topological polar surface area (TPSA) is 90.9 Å². The third kappa shape index (κ3) is 4.64. The highest BCUT2D eigenvalue weighted by molar-refractivity contribution is 6.30. The van der Waals surface area contributed by atoms with E-state index in [2.05, 4.69) is 17.2 Å². The van der Waals surface area contributed by atoms with E-state index in [-0.39, 0.29) is 6.54 Å². The van der Waals surface area contributed by atoms with Crippen LogP contribution in [0.2, 0.25) is 5.02 Å². The Morgan fingerprint density at radius 1 is 1.03 bits per heavy atom. The molecule has 0 aliphatic heterocycles. The summed E-state index contributed by atoms with van der Waals surface area (Å²) in [6.45, 7) is 4.79. The third-order valence-electron chi connectivity index (χ3n) is 4.90. The summed E-state index contributed by atoms with van der Waals surface area (Å²) in [5.74, 6) is -0.461. The normalized spacial score (nSPS) is 11.2. The maximum absolute atomic E-state index is 13.1. The summed E-state index contributed by atoms with van der Waals surface area (Å²) in [7, 11) is 0. The van der Waals surface area contributed by atoms with Crippen molar-refractivity contribution in [2.45, 2.75) is 59.2 Å². The molecule has 0 radical (unpaired) electrons. The van der Waals surface area contributed by atoms with E-state index >= 15 is 0 Å². The number of hydrogen-bond donors (Lipinski definition) is 1. The Morgan fingerprint density at radius 3 is 2.37 bits per heavy atom. The van der Waals surface area contributed by atoms with Crippen LogP contribution in [0.1, 0.15) is 39.5 Å². The Balaban J connectivity index is 2.01. The van der Waals surface area contributed by atoms with Crippen molar-refractivity contribution >= 4 is 34.4 Å². The average molecular weight is 432 g/mol. The van der Waals surface area contributed by atoms with Gasteiger partial charge < -0.3 is 9.88 Å². The molecule has 0 atom stereocenters. The molecule has 30 heavy (non-hydrogen) atoms. The van der Waals surface area contributed by atoms with E-state index < -0.39 is 17.2 Å². The highest BCUT2D eigenvalue weighted by Gasteiger charge is 2.19. The average Bonchev–Trinajstić information content (AvgIpc) is 3.15. The van der Waals surface area contributed by atoms with E-state index in [0.717, 1.165) is 30.3 Å². The lowest BCUT2D eigenvalue weighted by molar-refractivity contribution is -0.116. The number of amides is 1. The summed E-state index contributed by atoms with van der Waals surface area (Å²) in [6, 6.07) is 6.62. The van der Waals surface area contributed by atoms with Crippen molar-refractivity contribution in [3.8, 4) is 0 Å². The first-order valence-electron chi connectivity index (χ1n) is 10.2. The molecule has 1 amide bonds. The summed E-state index contributed by atoms with van der Waals surface area (Å²) in [6.07, 6.45) is 5.11. The number of hydrogen-bond acceptors (Lipinski definition) is 4. The molecule has 0 unspecified atom stereocenters. The second kappa shape index (κ2) is 9.75. The Labute approximate surface area is 179 Å². The Morgan fingerprint density at radius 2 is 1.70 bits per heavy atom. The van der Waals surface area contributed by atoms with E-state index in [4.69, 9.17) is 11.6 Å². The molecule has 0 aliphatic rings. The second-order valence-electron chi connectivity index (χ2n) is 7.20. The van der Waals surface area contributed by atoms with Gasteiger partial charge in [0, 0.05) is 23.8 Å². The summed E-state index contributed by atoms with van der Waals surface area (Å²) < 4.78 is 4.27. The monoisotopic (exact) mass is 431 g/mol. The van der Waals surface area contributed by atoms with Gasteiger partial charge in [-0.15, -0.1) is 0 Å². The number of carbonyl (C=O) groups excluding carboxylic acids is 1. The van der Waals surface area contributed by atoms with E-state index in [1.54, 1.807) is 35.2 Å². The first-order chi connectivity index (χ1) is 14.5. The number of unbranched alkanes of at least 4 members (excludes halogenated alkanes) is 2. The third-order valence-corrected chi connectivity index (χ3v) is 5.15. The number of carbonyl (C=O) groups is 1. The van der Waals surface area contributed by atoms with Gasteiger partial charge in [-0.25, -0.2) is 14.3 Å². The van der Waals surface area contributed by atoms with Gasteiger partial charge in [0.25, 0.3) is 5.56 Å². The van der Waals surface area contributed by atoms with E-state index in [9.17, 15) is 14.4 Å². The summed E-state index contributed by atoms with van der Waals surface area (Å²) in [5, 5.41) is 3.25. The number of nitrogens with one attached hydrogen (secondary N) is 1. The smallest absolute Gasteiger partial charge is 0.325 e. The largest absolute Gasteiger partial charge is 0.333 e. The van der Waals surface area contributed by atoms with Crippen LogP contribution in [0.5, 0.6) is 0 Å². The maximum Gasteiger partial charge on any atom is 0.333 e. The lowest BCUT2D eigenvalue weighted by Gasteiger charge is -2.12. The Hall–Kier alpha value is -2.87. The van der Waals surface area contributed by atoms with E-state index in [1.165, 1.54) is 4.57 Å². The van der Waals surface area contributed by atoms with Gasteiger partial charge in [-0.3, -0.25) is 14.2 Å². The van der Waals surface area contributed by atoms with Crippen LogP contribution < -0.4 is 16.6 Å². The standard InChI is InChI=1S/C21H26ClN5O3/c1-3-5-11-25-14-23-19-18(25)20(29)27(21(30)26(19)12-6-4-2)13-17(28)24-16-9-7-15(22)8-10-16/h7-10,14H,3-6,11-13H2,1-2H3,(H,24,28). The van der Waals surface area contributed by atoms with Crippen molar-refractivity contribution in [3.05, 3.63) is 56.5 Å². The van der Waals surface area contributed by atoms with Crippen molar-refractivity contribution in [3.63, 3.8) is 0 Å². The second-order valence-corrected chi connectivity index (χ2v) is 7.63. The number of nitrogens with zero attached hydrogens (tertiary/aromatic N) is 4. The fraction of sp³-hybridized carbons (Fsp3) is 0.429. The number of fused-ring (bicyclic) bond motifs is 1. The quantitative estimate of drug-likeness (QED) is 0.563. The van der Waals surface area contributed by atoms with Crippen LogP contribution in [0.15, 0.2) is 40.2 Å². The van der Waals surface area contributed by atoms with Crippen LogP contribution >= 0.6 is 11.6 Å². The molecule has 1 aromatic carbocycles. The predicted molar refractivity (Wildman–Crippen MR) is 118 cm³/mol. The molecule has 160 valence electrons. The van der Waals surface area contributed by atoms with Crippen molar-refractivity contribution in [1.29, 1.82) is 0 Å². The molecule has 0 spiro atoms. The molecular formula is C21H26ClN5O3. The number of rotatable bonds is 9. The SMILES string of the molecule is CCCCn1cnc2c1c(=O)n(CC(=O)Nc1ccc(Cl)cc1)c(=O)n2CCCC. The van der Waals surface area contributed by atoms with Gasteiger partial charge in [0.15, 0.2) is 11.2 Å². The minimum Gasteiger partial charge on any atom is -0.325 e. The van der Waals surface area contributed by atoms with Crippen molar-refractivity contribution in [2.24, 2.45) is 0 Å². The van der Waals surface area contributed by atoms with Crippen LogP contribution in [0.4, 0.5) is 5.69 Å². The molecule has 1 N–H and O–H groups in total. The fourth-order valence-electron chi connectivity index (χ4n) is 3.27. The number of imidazole rings is 1. The van der Waals surface area contributed by atoms with Crippen LogP contribution in [0, 0.1) is 0 Å². The fourth-order valence-corrected chi connectivity index (χ4v) is 3.40. The highest BCUT2D eigenvalue weighted by Crippen LogP contribution is 2.13. The van der Waals surface area contributed by atoms with Crippen LogP contribution in [-0.2, 0) is 24.4 Å². The molecule has 3 aromatic rings. The summed E-state index contributed by atoms with van der Waals surface area (Å²) >= 11 is 5.86. The van der Waals surface area contributed by atoms with Crippen LogP contribution in [-0.4, -0.2) is 24.6 Å². The molecule has 2 aromatic heterocycles. The molecule has 0 aliphatic carbocycles. The van der Waals surface area contributed by atoms with Gasteiger partial charge in [-0.1, -0.05) is 38.3 Å². The number of aryl methyl sites for hydroxylation is 2. The number of halogens is 1. The van der Waals surface area contributed by atoms with Gasteiger partial charge in [0.1, 0.15) is 6.54 Å². The van der Waals surface area contributed by atoms with Crippen molar-refractivity contribution in [2.75, 3.05) is 5.32 Å². The molecule has 0 saturated heterocycles. The van der Waals surface area contributed by atoms with Crippen molar-refractivity contribution in [1.82, 2.24) is 18.7 Å². The Kier molecular flexibility index (Phi) is 7.10. The number of aromatic nitrogens is 4. The summed E-state index contributed by atoms with van der Waals surface area (Å²) in [5.41, 5.74) is 0.260. The zero-order chi connectivity index (χ0) is 21.7. The molecule has 9 heteroatoms. The molecule has 0 bridgehead atoms. The first-order valence-corrected chi connectivity index (χ1v) is 10.6. The first kappa shape index (κ1) is 21.8. The van der Waals surface area contributed by atoms with E-state index in [0.29, 0.717) is 35.0 Å². The van der Waals surface area contributed by atoms with Gasteiger partial charge in [0.05, 0.1) is 6.33 Å².